The van der Waals surface area contributed by atoms with Crippen LogP contribution in [-0.4, -0.2) is 27.6 Å². The van der Waals surface area contributed by atoms with Gasteiger partial charge in [-0.2, -0.15) is 5.10 Å². The Kier molecular flexibility index (Phi) is 5.64. The summed E-state index contributed by atoms with van der Waals surface area (Å²) in [5, 5.41) is 8.47. The van der Waals surface area contributed by atoms with Crippen LogP contribution in [0.4, 0.5) is 0 Å². The number of hydrogen-bond acceptors (Lipinski definition) is 2. The van der Waals surface area contributed by atoms with Gasteiger partial charge in [-0.15, -0.1) is 0 Å². The van der Waals surface area contributed by atoms with Gasteiger partial charge in [0.2, 0.25) is 0 Å². The summed E-state index contributed by atoms with van der Waals surface area (Å²) in [6, 6.07) is 1.86. The summed E-state index contributed by atoms with van der Waals surface area (Å²) in [6.07, 6.45) is 5.11. The number of carbonyl (C=O) groups excluding carboxylic acids is 1. The Balaban J connectivity index is 1.94. The van der Waals surface area contributed by atoms with Gasteiger partial charge < -0.3 is 5.32 Å². The smallest absolute Gasteiger partial charge is 0.269 e. The standard InChI is InChI=1S/C15H24BrN3O/c1-3-19-14(8-11(2)18-19)15(20)17-10-13-7-5-4-6-12(13)9-16/h8,12-13H,3-7,9-10H2,1-2H3,(H,17,20). The molecule has 0 saturated heterocycles. The van der Waals surface area contributed by atoms with Gasteiger partial charge >= 0.3 is 0 Å². The van der Waals surface area contributed by atoms with Crippen molar-refractivity contribution in [1.82, 2.24) is 15.1 Å². The summed E-state index contributed by atoms with van der Waals surface area (Å²) < 4.78 is 1.77. The second kappa shape index (κ2) is 7.25. The molecule has 2 rings (SSSR count). The first-order valence-electron chi connectivity index (χ1n) is 7.54. The van der Waals surface area contributed by atoms with Crippen molar-refractivity contribution in [2.45, 2.75) is 46.1 Å². The van der Waals surface area contributed by atoms with Crippen LogP contribution in [0.1, 0.15) is 48.8 Å². The van der Waals surface area contributed by atoms with E-state index in [-0.39, 0.29) is 5.91 Å². The molecule has 1 saturated carbocycles. The number of nitrogens with one attached hydrogen (secondary N) is 1. The maximum atomic E-state index is 12.3. The average Bonchev–Trinajstić information content (AvgIpc) is 2.86. The van der Waals surface area contributed by atoms with Crippen LogP contribution < -0.4 is 5.32 Å². The predicted molar refractivity (Wildman–Crippen MR) is 84.2 cm³/mol. The van der Waals surface area contributed by atoms with Crippen molar-refractivity contribution in [3.05, 3.63) is 17.5 Å². The highest BCUT2D eigenvalue weighted by molar-refractivity contribution is 9.09. The van der Waals surface area contributed by atoms with E-state index in [1.807, 2.05) is 19.9 Å². The molecule has 0 aromatic carbocycles. The number of rotatable bonds is 5. The Morgan fingerprint density at radius 3 is 2.80 bits per heavy atom. The molecule has 5 heteroatoms. The molecule has 1 aromatic heterocycles. The quantitative estimate of drug-likeness (QED) is 0.836. The fourth-order valence-corrected chi connectivity index (χ4v) is 3.89. The van der Waals surface area contributed by atoms with Crippen LogP contribution in [0, 0.1) is 18.8 Å². The largest absolute Gasteiger partial charge is 0.350 e. The summed E-state index contributed by atoms with van der Waals surface area (Å²) in [4.78, 5) is 12.3. The molecule has 1 heterocycles. The van der Waals surface area contributed by atoms with E-state index in [1.165, 1.54) is 25.7 Å². The third-order valence-electron chi connectivity index (χ3n) is 4.22. The number of hydrogen-bond donors (Lipinski definition) is 1. The molecule has 20 heavy (non-hydrogen) atoms. The maximum absolute atomic E-state index is 12.3. The van der Waals surface area contributed by atoms with Crippen molar-refractivity contribution < 1.29 is 4.79 Å². The van der Waals surface area contributed by atoms with Gasteiger partial charge in [-0.25, -0.2) is 0 Å². The summed E-state index contributed by atoms with van der Waals surface area (Å²) in [5.41, 5.74) is 1.57. The Bertz CT molecular complexity index is 458. The summed E-state index contributed by atoms with van der Waals surface area (Å²) in [5.74, 6) is 1.30. The molecule has 4 nitrogen and oxygen atoms in total. The van der Waals surface area contributed by atoms with Gasteiger partial charge in [0.15, 0.2) is 0 Å². The van der Waals surface area contributed by atoms with E-state index in [0.29, 0.717) is 17.5 Å². The summed E-state index contributed by atoms with van der Waals surface area (Å²) in [7, 11) is 0. The van der Waals surface area contributed by atoms with Crippen LogP contribution in [0.15, 0.2) is 6.07 Å². The molecule has 1 fully saturated rings. The summed E-state index contributed by atoms with van der Waals surface area (Å²) in [6.45, 7) is 5.43. The first-order chi connectivity index (χ1) is 9.65. The number of alkyl halides is 1. The van der Waals surface area contributed by atoms with Crippen molar-refractivity contribution in [3.8, 4) is 0 Å². The van der Waals surface area contributed by atoms with Gasteiger partial charge in [-0.05, 0) is 44.6 Å². The lowest BCUT2D eigenvalue weighted by Crippen LogP contribution is -2.35. The molecule has 1 aliphatic carbocycles. The van der Waals surface area contributed by atoms with E-state index in [1.54, 1.807) is 4.68 Å². The second-order valence-electron chi connectivity index (χ2n) is 5.66. The Hall–Kier alpha value is -0.840. The van der Waals surface area contributed by atoms with E-state index in [0.717, 1.165) is 24.1 Å². The number of halogens is 1. The van der Waals surface area contributed by atoms with E-state index < -0.39 is 0 Å². The van der Waals surface area contributed by atoms with Gasteiger partial charge in [-0.3, -0.25) is 9.48 Å². The number of aryl methyl sites for hydroxylation is 2. The van der Waals surface area contributed by atoms with Gasteiger partial charge in [0.25, 0.3) is 5.91 Å². The van der Waals surface area contributed by atoms with Gasteiger partial charge in [0.1, 0.15) is 5.69 Å². The molecular weight excluding hydrogens is 318 g/mol. The van der Waals surface area contributed by atoms with Crippen LogP contribution in [0.5, 0.6) is 0 Å². The van der Waals surface area contributed by atoms with Crippen molar-refractivity contribution in [2.75, 3.05) is 11.9 Å². The Morgan fingerprint density at radius 1 is 1.45 bits per heavy atom. The average molecular weight is 342 g/mol. The molecule has 0 spiro atoms. The highest BCUT2D eigenvalue weighted by Gasteiger charge is 2.25. The molecule has 2 unspecified atom stereocenters. The Morgan fingerprint density at radius 2 is 2.15 bits per heavy atom. The molecule has 0 radical (unpaired) electrons. The normalized spacial score (nSPS) is 22.8. The fourth-order valence-electron chi connectivity index (χ4n) is 3.04. The highest BCUT2D eigenvalue weighted by Crippen LogP contribution is 2.30. The number of aromatic nitrogens is 2. The molecule has 1 N–H and O–H groups in total. The molecule has 1 amide bonds. The molecule has 0 aliphatic heterocycles. The zero-order chi connectivity index (χ0) is 14.5. The lowest BCUT2D eigenvalue weighted by Gasteiger charge is -2.30. The zero-order valence-electron chi connectivity index (χ0n) is 12.4. The molecule has 1 aliphatic rings. The summed E-state index contributed by atoms with van der Waals surface area (Å²) >= 11 is 3.60. The van der Waals surface area contributed by atoms with E-state index in [2.05, 4.69) is 26.3 Å². The molecule has 2 atom stereocenters. The SMILES string of the molecule is CCn1nc(C)cc1C(=O)NCC1CCCCC1CBr. The molecule has 0 bridgehead atoms. The number of amides is 1. The zero-order valence-corrected chi connectivity index (χ0v) is 13.9. The van der Waals surface area contributed by atoms with E-state index >= 15 is 0 Å². The van der Waals surface area contributed by atoms with Gasteiger partial charge in [0.05, 0.1) is 5.69 Å². The third kappa shape index (κ3) is 3.62. The monoisotopic (exact) mass is 341 g/mol. The van der Waals surface area contributed by atoms with Crippen LogP contribution in [-0.2, 0) is 6.54 Å². The topological polar surface area (TPSA) is 46.9 Å². The van der Waals surface area contributed by atoms with E-state index in [9.17, 15) is 4.79 Å². The van der Waals surface area contributed by atoms with Crippen molar-refractivity contribution in [1.29, 1.82) is 0 Å². The third-order valence-corrected chi connectivity index (χ3v) is 5.06. The van der Waals surface area contributed by atoms with E-state index in [4.69, 9.17) is 0 Å². The number of nitrogens with zero attached hydrogens (tertiary/aromatic N) is 2. The van der Waals surface area contributed by atoms with Gasteiger partial charge in [-0.1, -0.05) is 28.8 Å². The van der Waals surface area contributed by atoms with Crippen molar-refractivity contribution in [3.63, 3.8) is 0 Å². The molecule has 112 valence electrons. The fraction of sp³-hybridized carbons (Fsp3) is 0.733. The van der Waals surface area contributed by atoms with Gasteiger partial charge in [0, 0.05) is 18.4 Å². The predicted octanol–water partition coefficient (Wildman–Crippen LogP) is 3.14. The molecule has 1 aromatic rings. The Labute approximate surface area is 129 Å². The minimum atomic E-state index is 0.00588. The van der Waals surface area contributed by atoms with Crippen LogP contribution in [0.3, 0.4) is 0 Å². The molecular formula is C15H24BrN3O. The van der Waals surface area contributed by atoms with Crippen molar-refractivity contribution >= 4 is 21.8 Å². The lowest BCUT2D eigenvalue weighted by molar-refractivity contribution is 0.0926. The number of carbonyl (C=O) groups is 1. The van der Waals surface area contributed by atoms with Crippen LogP contribution in [0.2, 0.25) is 0 Å². The van der Waals surface area contributed by atoms with Crippen molar-refractivity contribution in [2.24, 2.45) is 11.8 Å². The van der Waals surface area contributed by atoms with Crippen LogP contribution in [0.25, 0.3) is 0 Å². The minimum Gasteiger partial charge on any atom is -0.350 e. The first kappa shape index (κ1) is 15.5. The highest BCUT2D eigenvalue weighted by atomic mass is 79.9. The lowest BCUT2D eigenvalue weighted by atomic mass is 9.80. The minimum absolute atomic E-state index is 0.00588. The maximum Gasteiger partial charge on any atom is 0.269 e. The van der Waals surface area contributed by atoms with Crippen LogP contribution >= 0.6 is 15.9 Å². The first-order valence-corrected chi connectivity index (χ1v) is 8.66. The second-order valence-corrected chi connectivity index (χ2v) is 6.30.